The van der Waals surface area contributed by atoms with Crippen LogP contribution in [0.1, 0.15) is 6.42 Å². The number of nitrogens with one attached hydrogen (secondary N) is 1. The van der Waals surface area contributed by atoms with Crippen LogP contribution < -0.4 is 5.32 Å². The number of alkyl halides is 3. The highest BCUT2D eigenvalue weighted by atomic mass is 35.5. The first kappa shape index (κ1) is 12.5. The minimum atomic E-state index is -4.46. The van der Waals surface area contributed by atoms with Crippen molar-refractivity contribution in [3.8, 4) is 0 Å². The van der Waals surface area contributed by atoms with Crippen molar-refractivity contribution < 1.29 is 23.1 Å². The van der Waals surface area contributed by atoms with Crippen LogP contribution in [0, 0.1) is 5.92 Å². The Morgan fingerprint density at radius 2 is 2.00 bits per heavy atom. The summed E-state index contributed by atoms with van der Waals surface area (Å²) in [6, 6.07) is -1.88. The molecular formula is C6H9ClF3NO2. The van der Waals surface area contributed by atoms with Crippen molar-refractivity contribution in [2.75, 3.05) is 6.54 Å². The van der Waals surface area contributed by atoms with Crippen molar-refractivity contribution >= 4 is 18.4 Å². The number of halogens is 4. The lowest BCUT2D eigenvalue weighted by molar-refractivity contribution is -0.173. The number of rotatable bonds is 1. The van der Waals surface area contributed by atoms with Gasteiger partial charge in [-0.1, -0.05) is 0 Å². The molecule has 1 aliphatic heterocycles. The van der Waals surface area contributed by atoms with Gasteiger partial charge in [-0.05, 0) is 13.0 Å². The first-order valence-electron chi connectivity index (χ1n) is 3.46. The van der Waals surface area contributed by atoms with Crippen molar-refractivity contribution in [3.05, 3.63) is 0 Å². The van der Waals surface area contributed by atoms with E-state index < -0.39 is 24.1 Å². The van der Waals surface area contributed by atoms with Gasteiger partial charge in [0.2, 0.25) is 0 Å². The molecule has 13 heavy (non-hydrogen) atoms. The summed E-state index contributed by atoms with van der Waals surface area (Å²) in [6.45, 7) is 0.112. The summed E-state index contributed by atoms with van der Waals surface area (Å²) >= 11 is 0. The van der Waals surface area contributed by atoms with E-state index in [-0.39, 0.29) is 25.4 Å². The minimum Gasteiger partial charge on any atom is -0.481 e. The highest BCUT2D eigenvalue weighted by Crippen LogP contribution is 2.30. The minimum absolute atomic E-state index is 0. The van der Waals surface area contributed by atoms with Crippen molar-refractivity contribution in [1.29, 1.82) is 0 Å². The van der Waals surface area contributed by atoms with E-state index in [4.69, 9.17) is 5.11 Å². The highest BCUT2D eigenvalue weighted by molar-refractivity contribution is 5.85. The van der Waals surface area contributed by atoms with E-state index >= 15 is 0 Å². The Balaban J connectivity index is 0.00000144. The average molecular weight is 220 g/mol. The van der Waals surface area contributed by atoms with Gasteiger partial charge in [-0.2, -0.15) is 13.2 Å². The van der Waals surface area contributed by atoms with Gasteiger partial charge >= 0.3 is 12.1 Å². The standard InChI is InChI=1S/C6H8F3NO2.ClH/c7-6(8,9)4-3(5(11)12)1-2-10-4;/h3-4,10H,1-2H2,(H,11,12);1H. The number of hydrogen-bond donors (Lipinski definition) is 2. The average Bonchev–Trinajstić information content (AvgIpc) is 2.30. The zero-order chi connectivity index (χ0) is 9.35. The van der Waals surface area contributed by atoms with Gasteiger partial charge in [0.1, 0.15) is 6.04 Å². The molecule has 0 aliphatic carbocycles. The molecule has 0 aromatic heterocycles. The van der Waals surface area contributed by atoms with Crippen molar-refractivity contribution in [3.63, 3.8) is 0 Å². The molecule has 0 spiro atoms. The molecule has 2 atom stereocenters. The second kappa shape index (κ2) is 4.15. The maximum Gasteiger partial charge on any atom is 0.404 e. The summed E-state index contributed by atoms with van der Waals surface area (Å²) in [5.41, 5.74) is 0. The quantitative estimate of drug-likeness (QED) is 0.693. The smallest absolute Gasteiger partial charge is 0.404 e. The molecule has 78 valence electrons. The Bertz CT molecular complexity index is 197. The molecule has 2 N–H and O–H groups in total. The molecule has 1 heterocycles. The molecule has 1 rings (SSSR count). The van der Waals surface area contributed by atoms with E-state index in [1.54, 1.807) is 0 Å². The van der Waals surface area contributed by atoms with E-state index in [2.05, 4.69) is 5.32 Å². The number of carbonyl (C=O) groups is 1. The molecule has 1 fully saturated rings. The van der Waals surface area contributed by atoms with E-state index in [1.807, 2.05) is 0 Å². The highest BCUT2D eigenvalue weighted by Gasteiger charge is 2.49. The number of aliphatic carboxylic acids is 1. The van der Waals surface area contributed by atoms with Crippen LogP contribution >= 0.6 is 12.4 Å². The van der Waals surface area contributed by atoms with E-state index in [1.165, 1.54) is 0 Å². The van der Waals surface area contributed by atoms with Crippen LogP contribution in [-0.2, 0) is 4.79 Å². The fourth-order valence-electron chi connectivity index (χ4n) is 1.31. The molecule has 0 aromatic rings. The molecule has 0 bridgehead atoms. The Labute approximate surface area is 78.7 Å². The molecule has 7 heteroatoms. The third-order valence-electron chi connectivity index (χ3n) is 1.89. The van der Waals surface area contributed by atoms with Crippen molar-refractivity contribution in [2.24, 2.45) is 5.92 Å². The van der Waals surface area contributed by atoms with Crippen molar-refractivity contribution in [2.45, 2.75) is 18.6 Å². The summed E-state index contributed by atoms with van der Waals surface area (Å²) in [5.74, 6) is -2.72. The lowest BCUT2D eigenvalue weighted by atomic mass is 10.0. The summed E-state index contributed by atoms with van der Waals surface area (Å²) < 4.78 is 36.1. The van der Waals surface area contributed by atoms with E-state index in [0.29, 0.717) is 0 Å². The summed E-state index contributed by atoms with van der Waals surface area (Å²) in [7, 11) is 0. The summed E-state index contributed by atoms with van der Waals surface area (Å²) in [5, 5.41) is 10.5. The maximum absolute atomic E-state index is 12.0. The Kier molecular flexibility index (Phi) is 3.99. The fourth-order valence-corrected chi connectivity index (χ4v) is 1.31. The first-order chi connectivity index (χ1) is 5.43. The predicted octanol–water partition coefficient (Wildman–Crippen LogP) is 1.03. The van der Waals surface area contributed by atoms with Crippen LogP contribution in [0.3, 0.4) is 0 Å². The molecule has 0 amide bonds. The van der Waals surface area contributed by atoms with Gasteiger partial charge < -0.3 is 10.4 Å². The molecular weight excluding hydrogens is 211 g/mol. The van der Waals surface area contributed by atoms with Crippen molar-refractivity contribution in [1.82, 2.24) is 5.32 Å². The van der Waals surface area contributed by atoms with Crippen LogP contribution in [0.2, 0.25) is 0 Å². The number of carboxylic acids is 1. The van der Waals surface area contributed by atoms with Crippen LogP contribution in [-0.4, -0.2) is 29.8 Å². The third-order valence-corrected chi connectivity index (χ3v) is 1.89. The van der Waals surface area contributed by atoms with Crippen LogP contribution in [0.15, 0.2) is 0 Å². The normalized spacial score (nSPS) is 28.2. The van der Waals surface area contributed by atoms with Gasteiger partial charge in [-0.15, -0.1) is 12.4 Å². The fraction of sp³-hybridized carbons (Fsp3) is 0.833. The maximum atomic E-state index is 12.0. The zero-order valence-corrected chi connectivity index (χ0v) is 7.28. The van der Waals surface area contributed by atoms with Crippen LogP contribution in [0.4, 0.5) is 13.2 Å². The van der Waals surface area contributed by atoms with Crippen LogP contribution in [0.5, 0.6) is 0 Å². The SMILES string of the molecule is Cl.O=C(O)C1CCNC1C(F)(F)F. The number of carboxylic acid groups (broad SMARTS) is 1. The second-order valence-corrected chi connectivity index (χ2v) is 2.71. The Hall–Kier alpha value is -0.490. The van der Waals surface area contributed by atoms with Gasteiger partial charge in [-0.25, -0.2) is 0 Å². The summed E-state index contributed by atoms with van der Waals surface area (Å²) in [6.07, 6.45) is -4.42. The molecule has 2 unspecified atom stereocenters. The second-order valence-electron chi connectivity index (χ2n) is 2.71. The topological polar surface area (TPSA) is 49.3 Å². The van der Waals surface area contributed by atoms with Crippen LogP contribution in [0.25, 0.3) is 0 Å². The zero-order valence-electron chi connectivity index (χ0n) is 6.47. The summed E-state index contributed by atoms with van der Waals surface area (Å²) in [4.78, 5) is 10.3. The molecule has 3 nitrogen and oxygen atoms in total. The Morgan fingerprint density at radius 1 is 1.46 bits per heavy atom. The van der Waals surface area contributed by atoms with E-state index in [0.717, 1.165) is 0 Å². The first-order valence-corrected chi connectivity index (χ1v) is 3.46. The van der Waals surface area contributed by atoms with Gasteiger partial charge in [0.05, 0.1) is 5.92 Å². The largest absolute Gasteiger partial charge is 0.481 e. The van der Waals surface area contributed by atoms with Gasteiger partial charge in [0.15, 0.2) is 0 Å². The number of hydrogen-bond acceptors (Lipinski definition) is 2. The third kappa shape index (κ3) is 2.73. The predicted molar refractivity (Wildman–Crippen MR) is 40.8 cm³/mol. The molecule has 1 saturated heterocycles. The Morgan fingerprint density at radius 3 is 2.31 bits per heavy atom. The molecule has 1 aliphatic rings. The van der Waals surface area contributed by atoms with E-state index in [9.17, 15) is 18.0 Å². The monoisotopic (exact) mass is 219 g/mol. The van der Waals surface area contributed by atoms with Gasteiger partial charge in [0, 0.05) is 0 Å². The molecule has 0 saturated carbocycles. The lowest BCUT2D eigenvalue weighted by Crippen LogP contribution is -2.44. The van der Waals surface area contributed by atoms with Gasteiger partial charge in [-0.3, -0.25) is 4.79 Å². The molecule has 0 radical (unpaired) electrons. The lowest BCUT2D eigenvalue weighted by Gasteiger charge is -2.18. The van der Waals surface area contributed by atoms with Gasteiger partial charge in [0.25, 0.3) is 0 Å². The molecule has 0 aromatic carbocycles.